The summed E-state index contributed by atoms with van der Waals surface area (Å²) in [5.74, 6) is -1.17. The Morgan fingerprint density at radius 1 is 1.02 bits per heavy atom. The maximum Gasteiger partial charge on any atom is 0.410 e. The smallest absolute Gasteiger partial charge is 0.410 e. The average molecular weight is 839 g/mol. The summed E-state index contributed by atoms with van der Waals surface area (Å²) in [6, 6.07) is 3.20. The molecule has 1 saturated carbocycles. The number of rotatable bonds is 14. The molecule has 0 spiro atoms. The number of carbonyl (C=O) groups is 6. The number of nitrogens with zero attached hydrogens (tertiary/aromatic N) is 2. The Hall–Kier alpha value is -4.91. The highest BCUT2D eigenvalue weighted by Crippen LogP contribution is 2.33. The highest BCUT2D eigenvalue weighted by molar-refractivity contribution is 7.92. The third kappa shape index (κ3) is 12.1. The van der Waals surface area contributed by atoms with Crippen LogP contribution >= 0.6 is 0 Å². The molecule has 1 saturated heterocycles. The first kappa shape index (κ1) is 46.8. The quantitative estimate of drug-likeness (QED) is 0.123. The molecule has 0 bridgehead atoms. The number of Topliss-reactive ketones (excluding diaryl/α,β-unsaturated/α-hetero) is 1. The molecule has 16 heteroatoms. The predicted octanol–water partition coefficient (Wildman–Crippen LogP) is 3.55. The molecule has 3 aliphatic rings. The molecule has 4 N–H and O–H groups in total. The summed E-state index contributed by atoms with van der Waals surface area (Å²) in [4.78, 5) is 85.1. The summed E-state index contributed by atoms with van der Waals surface area (Å²) in [5.41, 5.74) is 0.131. The third-order valence-corrected chi connectivity index (χ3v) is 14.1. The first-order valence-corrected chi connectivity index (χ1v) is 22.1. The van der Waals surface area contributed by atoms with Gasteiger partial charge in [-0.1, -0.05) is 70.4 Å². The zero-order chi connectivity index (χ0) is 43.8. The van der Waals surface area contributed by atoms with Crippen molar-refractivity contribution in [1.29, 1.82) is 0 Å². The van der Waals surface area contributed by atoms with Crippen molar-refractivity contribution in [3.8, 4) is 12.3 Å². The van der Waals surface area contributed by atoms with Crippen molar-refractivity contribution in [1.82, 2.24) is 31.1 Å². The van der Waals surface area contributed by atoms with Crippen LogP contribution in [0.2, 0.25) is 0 Å². The number of terminal acetylenes is 1. The third-order valence-electron chi connectivity index (χ3n) is 11.3. The molecule has 1 aromatic rings. The first-order chi connectivity index (χ1) is 27.6. The Balaban J connectivity index is 1.61. The maximum atomic E-state index is 14.8. The summed E-state index contributed by atoms with van der Waals surface area (Å²) in [6.07, 6.45) is 9.01. The van der Waals surface area contributed by atoms with Crippen LogP contribution in [0.5, 0.6) is 0 Å². The van der Waals surface area contributed by atoms with E-state index in [2.05, 4.69) is 33.8 Å². The summed E-state index contributed by atoms with van der Waals surface area (Å²) in [7, 11) is -3.65. The van der Waals surface area contributed by atoms with E-state index in [0.717, 1.165) is 30.4 Å². The van der Waals surface area contributed by atoms with Crippen LogP contribution in [0.1, 0.15) is 104 Å². The molecule has 4 rings (SSSR count). The van der Waals surface area contributed by atoms with Crippen molar-refractivity contribution in [2.75, 3.05) is 25.4 Å². The number of carbonyl (C=O) groups excluding carboxylic acids is 6. The van der Waals surface area contributed by atoms with Gasteiger partial charge in [0, 0.05) is 32.5 Å². The van der Waals surface area contributed by atoms with Gasteiger partial charge in [0.15, 0.2) is 9.84 Å². The van der Waals surface area contributed by atoms with E-state index >= 15 is 0 Å². The number of ketones is 1. The minimum Gasteiger partial charge on any atom is -0.444 e. The fraction of sp³-hybridized carbons (Fsp3) is 0.628. The number of likely N-dealkylation sites (tertiary alicyclic amines) is 1. The number of sulfone groups is 1. The molecule has 1 aromatic carbocycles. The topological polar surface area (TPSA) is 200 Å². The van der Waals surface area contributed by atoms with Crippen LogP contribution in [0.3, 0.4) is 0 Å². The van der Waals surface area contributed by atoms with Crippen molar-refractivity contribution < 1.29 is 41.9 Å². The van der Waals surface area contributed by atoms with E-state index in [1.807, 2.05) is 24.3 Å². The lowest BCUT2D eigenvalue weighted by molar-refractivity contribution is -0.143. The van der Waals surface area contributed by atoms with Crippen LogP contribution < -0.4 is 21.3 Å². The van der Waals surface area contributed by atoms with E-state index in [-0.39, 0.29) is 38.1 Å². The van der Waals surface area contributed by atoms with E-state index in [4.69, 9.17) is 11.2 Å². The lowest BCUT2D eigenvalue weighted by Crippen LogP contribution is -2.63. The second-order valence-corrected chi connectivity index (χ2v) is 20.7. The zero-order valence-corrected chi connectivity index (χ0v) is 36.2. The second kappa shape index (κ2) is 19.4. The molecule has 2 aliphatic heterocycles. The molecule has 1 unspecified atom stereocenters. The Bertz CT molecular complexity index is 1910. The zero-order valence-electron chi connectivity index (χ0n) is 35.4. The fourth-order valence-electron chi connectivity index (χ4n) is 7.75. The van der Waals surface area contributed by atoms with Crippen LogP contribution in [0.15, 0.2) is 36.9 Å². The van der Waals surface area contributed by atoms with Gasteiger partial charge in [0.05, 0.1) is 28.6 Å². The largest absolute Gasteiger partial charge is 0.444 e. The number of hydrogen-bond donors (Lipinski definition) is 4. The fourth-order valence-corrected chi connectivity index (χ4v) is 9.28. The van der Waals surface area contributed by atoms with Gasteiger partial charge in [-0.05, 0) is 63.0 Å². The van der Waals surface area contributed by atoms with Gasteiger partial charge < -0.3 is 35.8 Å². The Morgan fingerprint density at radius 3 is 2.29 bits per heavy atom. The Morgan fingerprint density at radius 2 is 1.68 bits per heavy atom. The molecule has 4 atom stereocenters. The first-order valence-electron chi connectivity index (χ1n) is 20.4. The number of benzene rings is 1. The van der Waals surface area contributed by atoms with Crippen molar-refractivity contribution in [3.63, 3.8) is 0 Å². The highest BCUT2D eigenvalue weighted by atomic mass is 32.2. The van der Waals surface area contributed by atoms with Crippen molar-refractivity contribution in [2.45, 2.75) is 140 Å². The minimum atomic E-state index is -3.65. The highest BCUT2D eigenvalue weighted by Gasteiger charge is 2.48. The van der Waals surface area contributed by atoms with Gasteiger partial charge in [-0.15, -0.1) is 18.9 Å². The summed E-state index contributed by atoms with van der Waals surface area (Å²) >= 11 is 0. The van der Waals surface area contributed by atoms with Crippen LogP contribution in [-0.2, 0) is 46.7 Å². The molecule has 15 nitrogen and oxygen atoms in total. The second-order valence-electron chi connectivity index (χ2n) is 18.0. The van der Waals surface area contributed by atoms with Gasteiger partial charge >= 0.3 is 12.1 Å². The van der Waals surface area contributed by atoms with Crippen molar-refractivity contribution in [2.24, 2.45) is 5.41 Å². The molecule has 2 fully saturated rings. The molecule has 0 radical (unpaired) electrons. The Labute approximate surface area is 349 Å². The lowest BCUT2D eigenvalue weighted by atomic mass is 9.83. The molecule has 59 heavy (non-hydrogen) atoms. The lowest BCUT2D eigenvalue weighted by Gasteiger charge is -2.41. The molecule has 324 valence electrons. The van der Waals surface area contributed by atoms with E-state index in [1.54, 1.807) is 46.4 Å². The van der Waals surface area contributed by atoms with Crippen molar-refractivity contribution >= 4 is 45.5 Å². The van der Waals surface area contributed by atoms with Gasteiger partial charge in [0.25, 0.3) is 5.91 Å². The van der Waals surface area contributed by atoms with Gasteiger partial charge in [0.1, 0.15) is 18.2 Å². The van der Waals surface area contributed by atoms with E-state index in [0.29, 0.717) is 32.4 Å². The average Bonchev–Trinajstić information content (AvgIpc) is 3.59. The monoisotopic (exact) mass is 838 g/mol. The molecule has 6 amide bonds. The number of hydrogen-bond acceptors (Lipinski definition) is 9. The number of urea groups is 1. The van der Waals surface area contributed by atoms with Gasteiger partial charge in [-0.3, -0.25) is 19.2 Å². The molecular weight excluding hydrogens is 777 g/mol. The number of ether oxygens (including phenoxy) is 1. The van der Waals surface area contributed by atoms with Crippen LogP contribution in [0, 0.1) is 17.8 Å². The molecule has 2 heterocycles. The van der Waals surface area contributed by atoms with E-state index in [9.17, 15) is 37.2 Å². The SMILES string of the molecule is C#CCCC(NC(=O)[C@@H]1C[C@@H](OC(=O)N2CCc3ccccc3C2)CN1C(=O)[C@@H](NC(=O)NC1(CS(=O)(=O)C(C)(C)C)CCCCC1)C(C)(C)C)C(=O)C(=O)NCC=C. The summed E-state index contributed by atoms with van der Waals surface area (Å²) < 4.78 is 31.8. The van der Waals surface area contributed by atoms with E-state index < -0.39 is 85.4 Å². The molecule has 1 aliphatic carbocycles. The standard InChI is InChI=1S/C43H62N6O9S/c1-9-11-19-32(34(50)37(52)44-23-10-2)45-36(51)33-25-31(58-40(55)48-24-20-29-17-13-14-18-30(29)26-48)27-49(33)38(53)35(41(3,4)5)46-39(54)47-43(21-15-12-16-22-43)28-59(56,57)42(6,7)8/h1,10,13-14,17-18,31-33,35H,2,11-12,15-16,19-28H2,3-8H3,(H,44,52)(H,45,51)(H2,46,47,54)/t31-,32?,33+,35-/m1/s1. The maximum absolute atomic E-state index is 14.8. The van der Waals surface area contributed by atoms with Gasteiger partial charge in [0.2, 0.25) is 17.6 Å². The normalized spacial score (nSPS) is 20.2. The van der Waals surface area contributed by atoms with Gasteiger partial charge in [-0.2, -0.15) is 0 Å². The van der Waals surface area contributed by atoms with Crippen molar-refractivity contribution in [3.05, 3.63) is 48.0 Å². The number of amides is 6. The molecule has 0 aromatic heterocycles. The van der Waals surface area contributed by atoms with Crippen LogP contribution in [0.25, 0.3) is 0 Å². The van der Waals surface area contributed by atoms with Crippen LogP contribution in [0.4, 0.5) is 9.59 Å². The number of nitrogens with one attached hydrogen (secondary N) is 4. The minimum absolute atomic E-state index is 0.0171. The Kier molecular flexibility index (Phi) is 15.4. The van der Waals surface area contributed by atoms with E-state index in [1.165, 1.54) is 11.0 Å². The summed E-state index contributed by atoms with van der Waals surface area (Å²) in [6.45, 7) is 14.2. The van der Waals surface area contributed by atoms with Crippen LogP contribution in [-0.4, -0.2) is 114 Å². The number of fused-ring (bicyclic) bond motifs is 1. The summed E-state index contributed by atoms with van der Waals surface area (Å²) in [5, 5.41) is 10.8. The van der Waals surface area contributed by atoms with Gasteiger partial charge in [-0.25, -0.2) is 18.0 Å². The predicted molar refractivity (Wildman–Crippen MR) is 223 cm³/mol. The molecular formula is C43H62N6O9S.